The summed E-state index contributed by atoms with van der Waals surface area (Å²) in [7, 11) is 0. The molecule has 3 N–H and O–H groups in total. The summed E-state index contributed by atoms with van der Waals surface area (Å²) in [5.41, 5.74) is -0.516. The predicted octanol–water partition coefficient (Wildman–Crippen LogP) is 2.99. The van der Waals surface area contributed by atoms with Crippen molar-refractivity contribution < 1.29 is 24.2 Å². The average molecular weight is 526 g/mol. The molecule has 3 aliphatic rings. The van der Waals surface area contributed by atoms with E-state index in [2.05, 4.69) is 10.6 Å². The van der Waals surface area contributed by atoms with Crippen molar-refractivity contribution in [2.45, 2.75) is 50.5 Å². The Hall–Kier alpha value is -2.94. The van der Waals surface area contributed by atoms with Crippen molar-refractivity contribution in [3.63, 3.8) is 0 Å². The van der Waals surface area contributed by atoms with Gasteiger partial charge in [-0.05, 0) is 55.5 Å². The number of anilines is 1. The van der Waals surface area contributed by atoms with Crippen LogP contribution < -0.4 is 10.6 Å². The maximum Gasteiger partial charge on any atom is 0.250 e. The molecule has 1 spiro atoms. The number of benzene rings is 2. The van der Waals surface area contributed by atoms with Crippen LogP contribution in [-0.4, -0.2) is 58.1 Å². The highest BCUT2D eigenvalue weighted by Gasteiger charge is 2.79. The van der Waals surface area contributed by atoms with E-state index in [0.29, 0.717) is 30.1 Å². The van der Waals surface area contributed by atoms with Crippen molar-refractivity contribution >= 4 is 35.0 Å². The van der Waals surface area contributed by atoms with E-state index in [4.69, 9.17) is 16.3 Å². The van der Waals surface area contributed by atoms with Crippen LogP contribution in [0.2, 0.25) is 5.02 Å². The van der Waals surface area contributed by atoms with Crippen LogP contribution in [0.4, 0.5) is 5.69 Å². The van der Waals surface area contributed by atoms with E-state index in [1.54, 1.807) is 24.3 Å². The molecule has 37 heavy (non-hydrogen) atoms. The van der Waals surface area contributed by atoms with Crippen molar-refractivity contribution in [2.24, 2.45) is 17.8 Å². The normalized spacial score (nSPS) is 31.9. The van der Waals surface area contributed by atoms with E-state index in [1.165, 1.54) is 4.90 Å². The van der Waals surface area contributed by atoms with E-state index in [1.807, 2.05) is 44.2 Å². The van der Waals surface area contributed by atoms with Gasteiger partial charge in [0.25, 0.3) is 0 Å². The second-order valence-corrected chi connectivity index (χ2v) is 10.9. The summed E-state index contributed by atoms with van der Waals surface area (Å²) in [5, 5.41) is 15.9. The number of likely N-dealkylation sites (tertiary alicyclic amines) is 1. The van der Waals surface area contributed by atoms with Gasteiger partial charge in [0.1, 0.15) is 11.6 Å². The van der Waals surface area contributed by atoms with E-state index < -0.39 is 29.1 Å². The van der Waals surface area contributed by atoms with Gasteiger partial charge in [-0.3, -0.25) is 14.4 Å². The molecular formula is C28H32ClN3O5. The third-order valence-corrected chi connectivity index (χ3v) is 8.58. The Kier molecular flexibility index (Phi) is 6.77. The van der Waals surface area contributed by atoms with Crippen molar-refractivity contribution in [1.82, 2.24) is 10.2 Å². The van der Waals surface area contributed by atoms with Crippen molar-refractivity contribution in [2.75, 3.05) is 18.5 Å². The molecule has 196 valence electrons. The maximum atomic E-state index is 13.9. The Balaban J connectivity index is 1.47. The van der Waals surface area contributed by atoms with Gasteiger partial charge in [0.2, 0.25) is 17.7 Å². The zero-order valence-electron chi connectivity index (χ0n) is 20.9. The third kappa shape index (κ3) is 4.21. The summed E-state index contributed by atoms with van der Waals surface area (Å²) >= 11 is 5.99. The maximum absolute atomic E-state index is 13.9. The Labute approximate surface area is 221 Å². The number of aliphatic hydroxyl groups excluding tert-OH is 1. The predicted molar refractivity (Wildman–Crippen MR) is 139 cm³/mol. The lowest BCUT2D eigenvalue weighted by Crippen LogP contribution is -2.54. The summed E-state index contributed by atoms with van der Waals surface area (Å²) in [4.78, 5) is 42.8. The lowest BCUT2D eigenvalue weighted by atomic mass is 9.62. The first-order valence-corrected chi connectivity index (χ1v) is 13.1. The van der Waals surface area contributed by atoms with E-state index in [9.17, 15) is 19.5 Å². The Morgan fingerprint density at radius 2 is 1.84 bits per heavy atom. The number of halogens is 1. The molecule has 5 rings (SSSR count). The van der Waals surface area contributed by atoms with Crippen LogP contribution >= 0.6 is 11.6 Å². The molecule has 0 aromatic heterocycles. The van der Waals surface area contributed by atoms with Gasteiger partial charge in [0.05, 0.1) is 17.4 Å². The van der Waals surface area contributed by atoms with Gasteiger partial charge in [0, 0.05) is 30.4 Å². The average Bonchev–Trinajstić information content (AvgIpc) is 3.39. The largest absolute Gasteiger partial charge is 0.396 e. The zero-order valence-corrected chi connectivity index (χ0v) is 21.7. The first-order chi connectivity index (χ1) is 17.7. The number of ether oxygens (including phenoxy) is 1. The molecule has 9 heteroatoms. The molecule has 0 aliphatic carbocycles. The van der Waals surface area contributed by atoms with Gasteiger partial charge in [-0.25, -0.2) is 0 Å². The highest BCUT2D eigenvalue weighted by Crippen LogP contribution is 2.65. The fraction of sp³-hybridized carbons (Fsp3) is 0.464. The molecule has 2 aromatic carbocycles. The summed E-state index contributed by atoms with van der Waals surface area (Å²) < 4.78 is 6.67. The highest BCUT2D eigenvalue weighted by molar-refractivity contribution is 6.30. The molecule has 2 bridgehead atoms. The quantitative estimate of drug-likeness (QED) is 0.491. The Morgan fingerprint density at radius 1 is 1.14 bits per heavy atom. The molecule has 6 atom stereocenters. The molecule has 2 aromatic rings. The van der Waals surface area contributed by atoms with Crippen LogP contribution in [0.15, 0.2) is 54.6 Å². The molecular weight excluding hydrogens is 494 g/mol. The molecule has 3 aliphatic heterocycles. The number of amides is 3. The minimum Gasteiger partial charge on any atom is -0.396 e. The second kappa shape index (κ2) is 9.74. The number of hydrogen-bond acceptors (Lipinski definition) is 5. The summed E-state index contributed by atoms with van der Waals surface area (Å²) in [5.74, 6) is -2.48. The monoisotopic (exact) mass is 525 g/mol. The van der Waals surface area contributed by atoms with Crippen LogP contribution in [0.5, 0.6) is 0 Å². The number of aliphatic hydroxyl groups is 1. The molecule has 3 fully saturated rings. The number of carbonyl (C=O) groups excluding carboxylic acids is 3. The number of nitrogens with zero attached hydrogens (tertiary/aromatic N) is 1. The number of fused-ring (bicyclic) bond motifs is 1. The Morgan fingerprint density at radius 3 is 2.51 bits per heavy atom. The Bertz CT molecular complexity index is 1190. The van der Waals surface area contributed by atoms with Crippen molar-refractivity contribution in [3.8, 4) is 0 Å². The smallest absolute Gasteiger partial charge is 0.250 e. The molecule has 8 nitrogen and oxygen atoms in total. The van der Waals surface area contributed by atoms with Gasteiger partial charge in [-0.15, -0.1) is 0 Å². The minimum atomic E-state index is -1.13. The number of carbonyl (C=O) groups is 3. The van der Waals surface area contributed by atoms with Gasteiger partial charge < -0.3 is 25.4 Å². The fourth-order valence-corrected chi connectivity index (χ4v) is 6.69. The first kappa shape index (κ1) is 25.7. The first-order valence-electron chi connectivity index (χ1n) is 12.7. The van der Waals surface area contributed by atoms with E-state index in [0.717, 1.165) is 5.56 Å². The lowest BCUT2D eigenvalue weighted by molar-refractivity contribution is -0.146. The molecule has 0 saturated carbocycles. The van der Waals surface area contributed by atoms with Crippen LogP contribution in [-0.2, 0) is 25.7 Å². The third-order valence-electron chi connectivity index (χ3n) is 8.32. The van der Waals surface area contributed by atoms with Crippen LogP contribution in [0.1, 0.15) is 32.3 Å². The fourth-order valence-electron chi connectivity index (χ4n) is 6.56. The molecule has 3 amide bonds. The number of hydrogen-bond donors (Lipinski definition) is 3. The SMILES string of the molecule is CC1CC23O[C@@]1(C)[C@H](C(=O)NCc1ccccc1)[C@H]2C(=O)N(CCCO)C3C(=O)Nc1ccc(Cl)cc1. The standard InChI is InChI=1S/C28H32ClN3O5/c1-17-15-28-22(21(27(17,2)37-28)24(34)30-16-18-7-4-3-5-8-18)26(36)32(13-6-14-33)23(28)25(35)31-20-11-9-19(29)10-12-20/h3-5,7-12,17,21-23,33H,6,13-16H2,1-2H3,(H,30,34)(H,31,35)/t17?,21-,22-,23?,27+,28?/m0/s1. The second-order valence-electron chi connectivity index (χ2n) is 10.5. The minimum absolute atomic E-state index is 0.0485. The van der Waals surface area contributed by atoms with Gasteiger partial charge in [-0.1, -0.05) is 48.9 Å². The van der Waals surface area contributed by atoms with Crippen LogP contribution in [0, 0.1) is 17.8 Å². The van der Waals surface area contributed by atoms with Crippen LogP contribution in [0.25, 0.3) is 0 Å². The van der Waals surface area contributed by atoms with Crippen molar-refractivity contribution in [3.05, 3.63) is 65.2 Å². The molecule has 0 radical (unpaired) electrons. The number of rotatable bonds is 8. The van der Waals surface area contributed by atoms with E-state index in [-0.39, 0.29) is 36.8 Å². The summed E-state index contributed by atoms with van der Waals surface area (Å²) in [6, 6.07) is 15.4. The molecule has 3 saturated heterocycles. The zero-order chi connectivity index (χ0) is 26.4. The van der Waals surface area contributed by atoms with E-state index >= 15 is 0 Å². The number of nitrogens with one attached hydrogen (secondary N) is 2. The van der Waals surface area contributed by atoms with Crippen molar-refractivity contribution in [1.29, 1.82) is 0 Å². The van der Waals surface area contributed by atoms with Crippen LogP contribution in [0.3, 0.4) is 0 Å². The van der Waals surface area contributed by atoms with Gasteiger partial charge in [0.15, 0.2) is 0 Å². The molecule has 3 heterocycles. The summed E-state index contributed by atoms with van der Waals surface area (Å²) in [6.07, 6.45) is 0.799. The van der Waals surface area contributed by atoms with Gasteiger partial charge in [-0.2, -0.15) is 0 Å². The topological polar surface area (TPSA) is 108 Å². The lowest BCUT2D eigenvalue weighted by Gasteiger charge is -2.36. The highest BCUT2D eigenvalue weighted by atomic mass is 35.5. The molecule has 3 unspecified atom stereocenters. The van der Waals surface area contributed by atoms with Gasteiger partial charge >= 0.3 is 0 Å². The summed E-state index contributed by atoms with van der Waals surface area (Å²) in [6.45, 7) is 4.31.